The first-order chi connectivity index (χ1) is 9.88. The van der Waals surface area contributed by atoms with Crippen molar-refractivity contribution in [1.29, 1.82) is 0 Å². The van der Waals surface area contributed by atoms with Crippen LogP contribution in [0, 0.1) is 27.2 Å². The maximum absolute atomic E-state index is 11.0. The van der Waals surface area contributed by atoms with Crippen LogP contribution in [-0.4, -0.2) is 19.8 Å². The lowest BCUT2D eigenvalue weighted by Crippen LogP contribution is -2.01. The maximum Gasteiger partial charge on any atom is 0.352 e. The summed E-state index contributed by atoms with van der Waals surface area (Å²) in [4.78, 5) is 27.6. The minimum Gasteiger partial charge on any atom is -0.434 e. The van der Waals surface area contributed by atoms with Crippen molar-refractivity contribution in [3.05, 3.63) is 55.5 Å². The minimum atomic E-state index is -0.688. The van der Waals surface area contributed by atoms with Gasteiger partial charge >= 0.3 is 11.6 Å². The van der Waals surface area contributed by atoms with E-state index in [1.54, 1.807) is 0 Å². The smallest absolute Gasteiger partial charge is 0.352 e. The first kappa shape index (κ1) is 14.6. The largest absolute Gasteiger partial charge is 0.434 e. The molecule has 0 N–H and O–H groups in total. The zero-order valence-corrected chi connectivity index (χ0v) is 11.3. The molecule has 0 saturated carbocycles. The van der Waals surface area contributed by atoms with Crippen LogP contribution < -0.4 is 4.74 Å². The highest BCUT2D eigenvalue weighted by atomic mass is 35.5. The Morgan fingerprint density at radius 3 is 2.24 bits per heavy atom. The predicted molar refractivity (Wildman–Crippen MR) is 71.6 cm³/mol. The predicted octanol–water partition coefficient (Wildman–Crippen LogP) is 3.05. The van der Waals surface area contributed by atoms with Gasteiger partial charge < -0.3 is 4.74 Å². The van der Waals surface area contributed by atoms with Gasteiger partial charge in [-0.15, -0.1) is 0 Å². The van der Waals surface area contributed by atoms with Gasteiger partial charge in [0.05, 0.1) is 9.85 Å². The van der Waals surface area contributed by atoms with Gasteiger partial charge in [0.2, 0.25) is 5.28 Å². The highest BCUT2D eigenvalue weighted by molar-refractivity contribution is 6.28. The Kier molecular flexibility index (Phi) is 3.94. The van der Waals surface area contributed by atoms with Crippen molar-refractivity contribution in [3.63, 3.8) is 0 Å². The first-order valence-electron chi connectivity index (χ1n) is 5.49. The molecule has 0 unspecified atom stereocenters. The van der Waals surface area contributed by atoms with Gasteiger partial charge in [-0.2, -0.15) is 4.98 Å². The fourth-order valence-electron chi connectivity index (χ4n) is 1.54. The number of halogens is 1. The van der Waals surface area contributed by atoms with E-state index in [0.29, 0.717) is 0 Å². The van der Waals surface area contributed by atoms with Crippen molar-refractivity contribution < 1.29 is 14.6 Å². The van der Waals surface area contributed by atoms with Gasteiger partial charge in [0.1, 0.15) is 11.4 Å². The fraction of sp³-hybridized carbons (Fsp3) is 0.0909. The third-order valence-electron chi connectivity index (χ3n) is 2.44. The number of benzene rings is 1. The van der Waals surface area contributed by atoms with Crippen LogP contribution in [0.25, 0.3) is 0 Å². The third kappa shape index (κ3) is 3.20. The summed E-state index contributed by atoms with van der Waals surface area (Å²) < 4.78 is 5.27. The number of nitro groups is 2. The summed E-state index contributed by atoms with van der Waals surface area (Å²) in [7, 11) is 0. The van der Waals surface area contributed by atoms with E-state index in [-0.39, 0.29) is 28.3 Å². The van der Waals surface area contributed by atoms with E-state index in [0.717, 1.165) is 0 Å². The summed E-state index contributed by atoms with van der Waals surface area (Å²) in [6.07, 6.45) is 0. The number of aryl methyl sites for hydroxylation is 1. The summed E-state index contributed by atoms with van der Waals surface area (Å²) in [6, 6.07) is 5.01. The number of ether oxygens (including phenoxy) is 1. The Morgan fingerprint density at radius 2 is 1.71 bits per heavy atom. The number of nitrogens with zero attached hydrogens (tertiary/aromatic N) is 4. The Labute approximate surface area is 122 Å². The molecule has 1 aromatic heterocycles. The molecule has 108 valence electrons. The van der Waals surface area contributed by atoms with E-state index in [1.165, 1.54) is 31.2 Å². The molecule has 1 heterocycles. The number of aromatic nitrogens is 2. The van der Waals surface area contributed by atoms with Crippen molar-refractivity contribution in [2.24, 2.45) is 0 Å². The second-order valence-electron chi connectivity index (χ2n) is 3.84. The molecule has 10 heteroatoms. The van der Waals surface area contributed by atoms with E-state index in [9.17, 15) is 20.2 Å². The highest BCUT2D eigenvalue weighted by Crippen LogP contribution is 2.32. The molecule has 2 aromatic rings. The maximum atomic E-state index is 11.0. The van der Waals surface area contributed by atoms with E-state index in [1.807, 2.05) is 0 Å². The lowest BCUT2D eigenvalue weighted by molar-refractivity contribution is -0.386. The van der Waals surface area contributed by atoms with Gasteiger partial charge in [-0.3, -0.25) is 20.2 Å². The molecule has 0 aliphatic rings. The molecule has 0 spiro atoms. The molecule has 0 aliphatic heterocycles. The molecule has 0 amide bonds. The second kappa shape index (κ2) is 5.67. The topological polar surface area (TPSA) is 121 Å². The molecule has 0 atom stereocenters. The van der Waals surface area contributed by atoms with Gasteiger partial charge in [0, 0.05) is 12.1 Å². The quantitative estimate of drug-likeness (QED) is 0.483. The fourth-order valence-corrected chi connectivity index (χ4v) is 1.74. The van der Waals surface area contributed by atoms with E-state index >= 15 is 0 Å². The summed E-state index contributed by atoms with van der Waals surface area (Å²) in [6.45, 7) is 1.40. The van der Waals surface area contributed by atoms with Gasteiger partial charge in [0.25, 0.3) is 5.69 Å². The number of rotatable bonds is 4. The number of hydrogen-bond acceptors (Lipinski definition) is 7. The van der Waals surface area contributed by atoms with Crippen LogP contribution in [0.2, 0.25) is 5.28 Å². The average Bonchev–Trinajstić information content (AvgIpc) is 2.37. The summed E-state index contributed by atoms with van der Waals surface area (Å²) >= 11 is 5.65. The number of nitro benzene ring substituents is 1. The zero-order chi connectivity index (χ0) is 15.6. The van der Waals surface area contributed by atoms with Crippen LogP contribution in [0.5, 0.6) is 11.6 Å². The molecular formula is C11H7ClN4O5. The summed E-state index contributed by atoms with van der Waals surface area (Å²) in [5, 5.41) is 21.3. The van der Waals surface area contributed by atoms with Crippen molar-refractivity contribution >= 4 is 23.0 Å². The average molecular weight is 311 g/mol. The Bertz CT molecular complexity index is 719. The van der Waals surface area contributed by atoms with Gasteiger partial charge in [-0.05, 0) is 30.7 Å². The van der Waals surface area contributed by atoms with E-state index in [2.05, 4.69) is 9.97 Å². The summed E-state index contributed by atoms with van der Waals surface area (Å²) in [5.74, 6) is -0.177. The highest BCUT2D eigenvalue weighted by Gasteiger charge is 2.24. The molecule has 9 nitrogen and oxygen atoms in total. The second-order valence-corrected chi connectivity index (χ2v) is 4.18. The third-order valence-corrected chi connectivity index (χ3v) is 2.61. The Hall–Kier alpha value is -2.81. The van der Waals surface area contributed by atoms with Crippen molar-refractivity contribution in [1.82, 2.24) is 9.97 Å². The van der Waals surface area contributed by atoms with Crippen LogP contribution >= 0.6 is 11.6 Å². The summed E-state index contributed by atoms with van der Waals surface area (Å²) in [5.41, 5.74) is -0.497. The van der Waals surface area contributed by atoms with Crippen LogP contribution in [-0.2, 0) is 0 Å². The minimum absolute atomic E-state index is 0.0527. The lowest BCUT2D eigenvalue weighted by Gasteiger charge is -2.06. The number of hydrogen-bond donors (Lipinski definition) is 0. The molecule has 0 saturated heterocycles. The first-order valence-corrected chi connectivity index (χ1v) is 5.87. The number of non-ortho nitro benzene ring substituents is 1. The molecular weight excluding hydrogens is 304 g/mol. The van der Waals surface area contributed by atoms with Crippen molar-refractivity contribution in [2.75, 3.05) is 0 Å². The van der Waals surface area contributed by atoms with Crippen LogP contribution in [0.3, 0.4) is 0 Å². The molecule has 0 radical (unpaired) electrons. The van der Waals surface area contributed by atoms with Crippen LogP contribution in [0.1, 0.15) is 5.69 Å². The SMILES string of the molecule is Cc1nc(Cl)nc(Oc2ccc([N+](=O)[O-])cc2)c1[N+](=O)[O-]. The molecule has 0 fully saturated rings. The van der Waals surface area contributed by atoms with Crippen LogP contribution in [0.4, 0.5) is 11.4 Å². The van der Waals surface area contributed by atoms with Crippen molar-refractivity contribution in [2.45, 2.75) is 6.92 Å². The van der Waals surface area contributed by atoms with Gasteiger partial charge in [-0.1, -0.05) is 0 Å². The van der Waals surface area contributed by atoms with E-state index < -0.39 is 15.5 Å². The normalized spacial score (nSPS) is 10.2. The standard InChI is InChI=1S/C11H7ClN4O5/c1-6-9(16(19)20)10(14-11(12)13-6)21-8-4-2-7(3-5-8)15(17)18/h2-5H,1H3. The Morgan fingerprint density at radius 1 is 1.10 bits per heavy atom. The monoisotopic (exact) mass is 310 g/mol. The van der Waals surface area contributed by atoms with Gasteiger partial charge in [0.15, 0.2) is 0 Å². The molecule has 0 bridgehead atoms. The van der Waals surface area contributed by atoms with Crippen molar-refractivity contribution in [3.8, 4) is 11.6 Å². The lowest BCUT2D eigenvalue weighted by atomic mass is 10.3. The Balaban J connectivity index is 2.39. The molecule has 0 aliphatic carbocycles. The van der Waals surface area contributed by atoms with Crippen LogP contribution in [0.15, 0.2) is 24.3 Å². The van der Waals surface area contributed by atoms with Gasteiger partial charge in [-0.25, -0.2) is 4.98 Å². The van der Waals surface area contributed by atoms with E-state index in [4.69, 9.17) is 16.3 Å². The molecule has 2 rings (SSSR count). The zero-order valence-electron chi connectivity index (χ0n) is 10.5. The molecule has 1 aromatic carbocycles. The molecule has 21 heavy (non-hydrogen) atoms.